The number of rotatable bonds is 4. The van der Waals surface area contributed by atoms with E-state index in [1.165, 1.54) is 66.9 Å². The third-order valence-corrected chi connectivity index (χ3v) is 7.47. The lowest BCUT2D eigenvalue weighted by atomic mass is 9.77. The maximum Gasteiger partial charge on any atom is 0.323 e. The van der Waals surface area contributed by atoms with E-state index in [1.54, 1.807) is 0 Å². The molecule has 0 radical (unpaired) electrons. The van der Waals surface area contributed by atoms with Crippen LogP contribution in [0.25, 0.3) is 10.9 Å². The topological polar surface area (TPSA) is 34.5 Å². The van der Waals surface area contributed by atoms with Gasteiger partial charge in [0, 0.05) is 36.6 Å². The SMILES string of the molecule is COC(=O)[C@@H]1Cc2c(n(C)c3ccccc23)[C@@H](C2CCCCC2)N1Cc1ccccc1. The van der Waals surface area contributed by atoms with Gasteiger partial charge in [-0.25, -0.2) is 0 Å². The number of nitrogens with zero attached hydrogens (tertiary/aromatic N) is 2. The molecule has 1 aliphatic carbocycles. The van der Waals surface area contributed by atoms with Crippen LogP contribution in [0.2, 0.25) is 0 Å². The summed E-state index contributed by atoms with van der Waals surface area (Å²) in [5, 5.41) is 1.29. The van der Waals surface area contributed by atoms with Gasteiger partial charge in [0.05, 0.1) is 13.2 Å². The summed E-state index contributed by atoms with van der Waals surface area (Å²) in [5.74, 6) is 0.446. The van der Waals surface area contributed by atoms with Gasteiger partial charge in [-0.3, -0.25) is 9.69 Å². The molecule has 2 heterocycles. The molecule has 1 aromatic heterocycles. The van der Waals surface area contributed by atoms with Crippen molar-refractivity contribution in [3.63, 3.8) is 0 Å². The molecule has 0 saturated heterocycles. The maximum absolute atomic E-state index is 13.1. The maximum atomic E-state index is 13.1. The lowest BCUT2D eigenvalue weighted by molar-refractivity contribution is -0.150. The lowest BCUT2D eigenvalue weighted by Gasteiger charge is -2.46. The Labute approximate surface area is 184 Å². The van der Waals surface area contributed by atoms with Gasteiger partial charge in [0.25, 0.3) is 0 Å². The molecule has 1 saturated carbocycles. The Morgan fingerprint density at radius 2 is 1.71 bits per heavy atom. The van der Waals surface area contributed by atoms with E-state index >= 15 is 0 Å². The van der Waals surface area contributed by atoms with E-state index < -0.39 is 0 Å². The van der Waals surface area contributed by atoms with Crippen LogP contribution in [-0.4, -0.2) is 28.6 Å². The summed E-state index contributed by atoms with van der Waals surface area (Å²) in [6, 6.07) is 19.2. The second-order valence-electron chi connectivity index (χ2n) is 9.18. The van der Waals surface area contributed by atoms with Crippen LogP contribution in [-0.2, 0) is 29.5 Å². The third kappa shape index (κ3) is 3.57. The summed E-state index contributed by atoms with van der Waals surface area (Å²) in [6.07, 6.45) is 7.05. The van der Waals surface area contributed by atoms with Crippen LogP contribution in [0.1, 0.15) is 55.0 Å². The number of carbonyl (C=O) groups is 1. The van der Waals surface area contributed by atoms with Crippen molar-refractivity contribution in [2.24, 2.45) is 13.0 Å². The number of fused-ring (bicyclic) bond motifs is 3. The Balaban J connectivity index is 1.68. The number of ether oxygens (including phenoxy) is 1. The molecular formula is C27H32N2O2. The number of methoxy groups -OCH3 is 1. The van der Waals surface area contributed by atoms with Gasteiger partial charge < -0.3 is 9.30 Å². The van der Waals surface area contributed by atoms with Crippen molar-refractivity contribution < 1.29 is 9.53 Å². The molecule has 3 aromatic rings. The number of benzene rings is 2. The van der Waals surface area contributed by atoms with Crippen molar-refractivity contribution in [1.82, 2.24) is 9.47 Å². The van der Waals surface area contributed by atoms with Gasteiger partial charge in [-0.1, -0.05) is 67.8 Å². The Morgan fingerprint density at radius 1 is 1.00 bits per heavy atom. The van der Waals surface area contributed by atoms with Crippen molar-refractivity contribution in [3.05, 3.63) is 71.4 Å². The van der Waals surface area contributed by atoms with Crippen LogP contribution in [0.5, 0.6) is 0 Å². The van der Waals surface area contributed by atoms with Gasteiger partial charge >= 0.3 is 5.97 Å². The minimum absolute atomic E-state index is 0.115. The molecule has 1 aliphatic heterocycles. The van der Waals surface area contributed by atoms with Crippen molar-refractivity contribution in [3.8, 4) is 0 Å². The summed E-state index contributed by atoms with van der Waals surface area (Å²) in [4.78, 5) is 15.5. The smallest absolute Gasteiger partial charge is 0.323 e. The Bertz CT molecular complexity index is 1070. The molecular weight excluding hydrogens is 384 g/mol. The second kappa shape index (κ2) is 8.51. The fraction of sp³-hybridized carbons (Fsp3) is 0.444. The van der Waals surface area contributed by atoms with Crippen LogP contribution in [0.4, 0.5) is 0 Å². The van der Waals surface area contributed by atoms with Gasteiger partial charge in [0.2, 0.25) is 0 Å². The minimum Gasteiger partial charge on any atom is -0.468 e. The van der Waals surface area contributed by atoms with Crippen LogP contribution >= 0.6 is 0 Å². The number of aryl methyl sites for hydroxylation is 1. The highest BCUT2D eigenvalue weighted by molar-refractivity contribution is 5.88. The predicted molar refractivity (Wildman–Crippen MR) is 124 cm³/mol. The summed E-state index contributed by atoms with van der Waals surface area (Å²) in [6.45, 7) is 0.767. The molecule has 2 atom stereocenters. The standard InChI is InChI=1S/C27H32N2O2/c1-28-23-16-10-9-15-21(23)22-17-24(27(30)31-2)29(18-19-11-5-3-6-12-19)25(26(22)28)20-13-7-4-8-14-20/h3,5-6,9-12,15-16,20,24-25H,4,7-8,13-14,17-18H2,1-2H3/t24-,25+/m0/s1. The van der Waals surface area contributed by atoms with E-state index in [4.69, 9.17) is 4.74 Å². The monoisotopic (exact) mass is 416 g/mol. The van der Waals surface area contributed by atoms with E-state index in [0.717, 1.165) is 6.54 Å². The van der Waals surface area contributed by atoms with Crippen molar-refractivity contribution in [1.29, 1.82) is 0 Å². The molecule has 4 nitrogen and oxygen atoms in total. The Hall–Kier alpha value is -2.59. The summed E-state index contributed by atoms with van der Waals surface area (Å²) in [7, 11) is 3.73. The van der Waals surface area contributed by atoms with Gasteiger partial charge in [0.15, 0.2) is 0 Å². The zero-order chi connectivity index (χ0) is 21.4. The Kier molecular flexibility index (Phi) is 5.58. The molecule has 5 rings (SSSR count). The summed E-state index contributed by atoms with van der Waals surface area (Å²) < 4.78 is 7.74. The van der Waals surface area contributed by atoms with E-state index in [9.17, 15) is 4.79 Å². The molecule has 0 bridgehead atoms. The molecule has 162 valence electrons. The fourth-order valence-electron chi connectivity index (χ4n) is 6.05. The quantitative estimate of drug-likeness (QED) is 0.534. The molecule has 0 amide bonds. The highest BCUT2D eigenvalue weighted by Gasteiger charge is 2.44. The molecule has 2 aliphatic rings. The highest BCUT2D eigenvalue weighted by Crippen LogP contribution is 2.47. The van der Waals surface area contributed by atoms with Crippen molar-refractivity contribution in [2.75, 3.05) is 7.11 Å². The zero-order valence-corrected chi connectivity index (χ0v) is 18.6. The predicted octanol–water partition coefficient (Wildman–Crippen LogP) is 5.40. The first-order valence-electron chi connectivity index (χ1n) is 11.6. The summed E-state index contributed by atoms with van der Waals surface area (Å²) >= 11 is 0. The first-order valence-corrected chi connectivity index (χ1v) is 11.6. The van der Waals surface area contributed by atoms with Gasteiger partial charge in [-0.05, 0) is 36.0 Å². The molecule has 31 heavy (non-hydrogen) atoms. The number of carbonyl (C=O) groups excluding carboxylic acids is 1. The average Bonchev–Trinajstić information content (AvgIpc) is 3.11. The number of hydrogen-bond acceptors (Lipinski definition) is 3. The largest absolute Gasteiger partial charge is 0.468 e. The van der Waals surface area contributed by atoms with E-state index in [1.807, 2.05) is 0 Å². The fourth-order valence-corrected chi connectivity index (χ4v) is 6.05. The van der Waals surface area contributed by atoms with E-state index in [0.29, 0.717) is 12.3 Å². The molecule has 2 aromatic carbocycles. The lowest BCUT2D eigenvalue weighted by Crippen LogP contribution is -2.50. The molecule has 1 fully saturated rings. The van der Waals surface area contributed by atoms with Gasteiger partial charge in [0.1, 0.15) is 6.04 Å². The van der Waals surface area contributed by atoms with Crippen LogP contribution < -0.4 is 0 Å². The first-order chi connectivity index (χ1) is 15.2. The highest BCUT2D eigenvalue weighted by atomic mass is 16.5. The second-order valence-corrected chi connectivity index (χ2v) is 9.18. The van der Waals surface area contributed by atoms with Crippen LogP contribution in [0.15, 0.2) is 54.6 Å². The number of esters is 1. The zero-order valence-electron chi connectivity index (χ0n) is 18.6. The third-order valence-electron chi connectivity index (χ3n) is 7.47. The number of hydrogen-bond donors (Lipinski definition) is 0. The Morgan fingerprint density at radius 3 is 2.45 bits per heavy atom. The summed E-state index contributed by atoms with van der Waals surface area (Å²) in [5.41, 5.74) is 5.26. The molecule has 4 heteroatoms. The van der Waals surface area contributed by atoms with E-state index in [-0.39, 0.29) is 18.1 Å². The van der Waals surface area contributed by atoms with Crippen LogP contribution in [0.3, 0.4) is 0 Å². The van der Waals surface area contributed by atoms with E-state index in [2.05, 4.69) is 71.1 Å². The number of para-hydroxylation sites is 1. The number of aromatic nitrogens is 1. The van der Waals surface area contributed by atoms with Crippen molar-refractivity contribution in [2.45, 2.75) is 57.2 Å². The van der Waals surface area contributed by atoms with Crippen molar-refractivity contribution >= 4 is 16.9 Å². The normalized spacial score (nSPS) is 22.4. The molecule has 0 unspecified atom stereocenters. The van der Waals surface area contributed by atoms with Crippen LogP contribution in [0, 0.1) is 5.92 Å². The molecule has 0 N–H and O–H groups in total. The minimum atomic E-state index is -0.254. The molecule has 0 spiro atoms. The van der Waals surface area contributed by atoms with Gasteiger partial charge in [-0.2, -0.15) is 0 Å². The first kappa shape index (κ1) is 20.3. The average molecular weight is 417 g/mol. The van der Waals surface area contributed by atoms with Gasteiger partial charge in [-0.15, -0.1) is 0 Å².